The Labute approximate surface area is 155 Å². The number of carbonyl (C=O) groups is 1. The number of amides is 1. The van der Waals surface area contributed by atoms with Crippen molar-refractivity contribution in [2.24, 2.45) is 0 Å². The second-order valence-corrected chi connectivity index (χ2v) is 7.13. The van der Waals surface area contributed by atoms with Crippen LogP contribution in [0.4, 0.5) is 9.52 Å². The molecule has 3 aromatic rings. The lowest BCUT2D eigenvalue weighted by molar-refractivity contribution is -0.118. The van der Waals surface area contributed by atoms with Crippen LogP contribution in [-0.2, 0) is 11.2 Å². The Balaban J connectivity index is 1.52. The first-order valence-electron chi connectivity index (χ1n) is 8.18. The molecule has 1 amide bonds. The number of ether oxygens (including phenoxy) is 1. The van der Waals surface area contributed by atoms with Gasteiger partial charge in [0.2, 0.25) is 0 Å². The van der Waals surface area contributed by atoms with E-state index < -0.39 is 0 Å². The van der Waals surface area contributed by atoms with E-state index in [2.05, 4.69) is 10.3 Å². The van der Waals surface area contributed by atoms with Crippen LogP contribution in [0.1, 0.15) is 21.6 Å². The summed E-state index contributed by atoms with van der Waals surface area (Å²) in [5.41, 5.74) is 3.29. The molecule has 0 aliphatic rings. The van der Waals surface area contributed by atoms with Crippen LogP contribution in [0.15, 0.2) is 48.7 Å². The monoisotopic (exact) mass is 370 g/mol. The van der Waals surface area contributed by atoms with Crippen molar-refractivity contribution in [2.75, 3.05) is 11.9 Å². The van der Waals surface area contributed by atoms with Gasteiger partial charge in [-0.2, -0.15) is 0 Å². The van der Waals surface area contributed by atoms with Crippen LogP contribution in [0.2, 0.25) is 0 Å². The maximum atomic E-state index is 12.9. The number of aromatic nitrogens is 1. The highest BCUT2D eigenvalue weighted by Crippen LogP contribution is 2.21. The summed E-state index contributed by atoms with van der Waals surface area (Å²) in [7, 11) is 0. The topological polar surface area (TPSA) is 51.2 Å². The molecule has 0 fully saturated rings. The Kier molecular flexibility index (Phi) is 5.63. The molecule has 134 valence electrons. The molecule has 1 heterocycles. The van der Waals surface area contributed by atoms with E-state index in [-0.39, 0.29) is 18.3 Å². The number of rotatable bonds is 6. The minimum atomic E-state index is -0.258. The summed E-state index contributed by atoms with van der Waals surface area (Å²) in [6.45, 7) is 3.95. The minimum Gasteiger partial charge on any atom is -0.484 e. The van der Waals surface area contributed by atoms with Crippen LogP contribution in [-0.4, -0.2) is 17.5 Å². The molecule has 0 saturated carbocycles. The molecule has 4 nitrogen and oxygen atoms in total. The molecule has 1 N–H and O–H groups in total. The summed E-state index contributed by atoms with van der Waals surface area (Å²) < 4.78 is 18.5. The lowest BCUT2D eigenvalue weighted by Gasteiger charge is -2.07. The summed E-state index contributed by atoms with van der Waals surface area (Å²) in [6, 6.07) is 12.1. The van der Waals surface area contributed by atoms with Crippen LogP contribution in [0.5, 0.6) is 5.75 Å². The number of nitrogens with one attached hydrogen (secondary N) is 1. The fourth-order valence-electron chi connectivity index (χ4n) is 2.36. The predicted molar refractivity (Wildman–Crippen MR) is 101 cm³/mol. The van der Waals surface area contributed by atoms with Gasteiger partial charge in [0.15, 0.2) is 11.7 Å². The van der Waals surface area contributed by atoms with Gasteiger partial charge in [0.1, 0.15) is 11.6 Å². The van der Waals surface area contributed by atoms with E-state index in [0.29, 0.717) is 17.3 Å². The summed E-state index contributed by atoms with van der Waals surface area (Å²) in [5, 5.41) is 3.26. The van der Waals surface area contributed by atoms with Crippen molar-refractivity contribution in [1.82, 2.24) is 4.98 Å². The highest BCUT2D eigenvalue weighted by molar-refractivity contribution is 7.15. The van der Waals surface area contributed by atoms with Crippen molar-refractivity contribution in [3.8, 4) is 5.75 Å². The fourth-order valence-corrected chi connectivity index (χ4v) is 3.22. The van der Waals surface area contributed by atoms with Gasteiger partial charge in [-0.05, 0) is 54.8 Å². The van der Waals surface area contributed by atoms with Gasteiger partial charge in [-0.25, -0.2) is 9.37 Å². The van der Waals surface area contributed by atoms with Crippen LogP contribution in [0.3, 0.4) is 0 Å². The highest BCUT2D eigenvalue weighted by Gasteiger charge is 2.09. The molecule has 0 saturated heterocycles. The number of carbonyl (C=O) groups excluding carboxylic acids is 1. The van der Waals surface area contributed by atoms with Crippen LogP contribution >= 0.6 is 11.3 Å². The number of aryl methyl sites for hydroxylation is 2. The van der Waals surface area contributed by atoms with Crippen molar-refractivity contribution in [3.63, 3.8) is 0 Å². The lowest BCUT2D eigenvalue weighted by Crippen LogP contribution is -2.20. The first-order chi connectivity index (χ1) is 12.5. The van der Waals surface area contributed by atoms with E-state index in [9.17, 15) is 9.18 Å². The summed E-state index contributed by atoms with van der Waals surface area (Å²) in [4.78, 5) is 17.2. The zero-order valence-corrected chi connectivity index (χ0v) is 15.4. The van der Waals surface area contributed by atoms with Gasteiger partial charge in [0.25, 0.3) is 5.91 Å². The Morgan fingerprint density at radius 1 is 1.15 bits per heavy atom. The summed E-state index contributed by atoms with van der Waals surface area (Å²) in [6.07, 6.45) is 2.36. The normalized spacial score (nSPS) is 10.6. The van der Waals surface area contributed by atoms with Crippen LogP contribution < -0.4 is 10.1 Å². The number of benzene rings is 2. The van der Waals surface area contributed by atoms with E-state index in [1.807, 2.05) is 32.0 Å². The molecular formula is C20H19FN2O2S. The molecule has 0 unspecified atom stereocenters. The molecule has 0 radical (unpaired) electrons. The number of hydrogen-bond donors (Lipinski definition) is 1. The molecule has 6 heteroatoms. The van der Waals surface area contributed by atoms with Crippen LogP contribution in [0, 0.1) is 19.7 Å². The standard InChI is InChI=1S/C20H19FN2O2S/c1-13-3-8-17(9-14(13)2)25-12-19(24)23-20-22-11-18(26-20)10-15-4-6-16(21)7-5-15/h3-9,11H,10,12H2,1-2H3,(H,22,23,24). The molecule has 0 atom stereocenters. The van der Waals surface area contributed by atoms with Crippen LogP contribution in [0.25, 0.3) is 0 Å². The van der Waals surface area contributed by atoms with Gasteiger partial charge in [-0.3, -0.25) is 10.1 Å². The molecule has 0 bridgehead atoms. The van der Waals surface area contributed by atoms with Gasteiger partial charge in [-0.15, -0.1) is 11.3 Å². The van der Waals surface area contributed by atoms with E-state index in [0.717, 1.165) is 16.0 Å². The van der Waals surface area contributed by atoms with E-state index >= 15 is 0 Å². The molecule has 26 heavy (non-hydrogen) atoms. The number of halogens is 1. The molecule has 2 aromatic carbocycles. The van der Waals surface area contributed by atoms with E-state index in [1.165, 1.54) is 29.0 Å². The lowest BCUT2D eigenvalue weighted by atomic mass is 10.1. The highest BCUT2D eigenvalue weighted by atomic mass is 32.1. The van der Waals surface area contributed by atoms with Crippen molar-refractivity contribution in [2.45, 2.75) is 20.3 Å². The third-order valence-corrected chi connectivity index (χ3v) is 4.85. The number of thiazole rings is 1. The van der Waals surface area contributed by atoms with E-state index in [4.69, 9.17) is 4.74 Å². The third-order valence-electron chi connectivity index (χ3n) is 3.94. The largest absolute Gasteiger partial charge is 0.484 e. The third kappa shape index (κ3) is 4.89. The molecule has 1 aromatic heterocycles. The second-order valence-electron chi connectivity index (χ2n) is 6.02. The van der Waals surface area contributed by atoms with Crippen molar-refractivity contribution >= 4 is 22.4 Å². The molecule has 0 aliphatic heterocycles. The Bertz CT molecular complexity index is 906. The Morgan fingerprint density at radius 3 is 2.65 bits per heavy atom. The maximum absolute atomic E-state index is 12.9. The summed E-state index contributed by atoms with van der Waals surface area (Å²) in [5.74, 6) is 0.153. The van der Waals surface area contributed by atoms with Crippen molar-refractivity contribution < 1.29 is 13.9 Å². The molecular weight excluding hydrogens is 351 g/mol. The maximum Gasteiger partial charge on any atom is 0.264 e. The van der Waals surface area contributed by atoms with Gasteiger partial charge in [-0.1, -0.05) is 18.2 Å². The quantitative estimate of drug-likeness (QED) is 0.695. The minimum absolute atomic E-state index is 0.0740. The van der Waals surface area contributed by atoms with Gasteiger partial charge in [0, 0.05) is 17.5 Å². The first-order valence-corrected chi connectivity index (χ1v) is 9.00. The van der Waals surface area contributed by atoms with Gasteiger partial charge >= 0.3 is 0 Å². The second kappa shape index (κ2) is 8.10. The molecule has 0 spiro atoms. The molecule has 3 rings (SSSR count). The SMILES string of the molecule is Cc1ccc(OCC(=O)Nc2ncc(Cc3ccc(F)cc3)s2)cc1C. The predicted octanol–water partition coefficient (Wildman–Crippen LogP) is 4.51. The average Bonchev–Trinajstić information content (AvgIpc) is 3.05. The van der Waals surface area contributed by atoms with E-state index in [1.54, 1.807) is 18.3 Å². The number of hydrogen-bond acceptors (Lipinski definition) is 4. The average molecular weight is 370 g/mol. The smallest absolute Gasteiger partial charge is 0.264 e. The zero-order chi connectivity index (χ0) is 18.5. The fraction of sp³-hybridized carbons (Fsp3) is 0.200. The van der Waals surface area contributed by atoms with Crippen molar-refractivity contribution in [3.05, 3.63) is 76.0 Å². The van der Waals surface area contributed by atoms with Gasteiger partial charge < -0.3 is 4.74 Å². The number of anilines is 1. The molecule has 0 aliphatic carbocycles. The van der Waals surface area contributed by atoms with Gasteiger partial charge in [0.05, 0.1) is 0 Å². The first kappa shape index (κ1) is 18.1. The van der Waals surface area contributed by atoms with Crippen molar-refractivity contribution in [1.29, 1.82) is 0 Å². The zero-order valence-electron chi connectivity index (χ0n) is 14.6. The Morgan fingerprint density at radius 2 is 1.92 bits per heavy atom. The Hall–Kier alpha value is -2.73. The summed E-state index contributed by atoms with van der Waals surface area (Å²) >= 11 is 1.39. The number of nitrogens with zero attached hydrogens (tertiary/aromatic N) is 1.